The molecule has 0 saturated heterocycles. The van der Waals surface area contributed by atoms with Gasteiger partial charge in [0.05, 0.1) is 16.7 Å². The molecule has 4 heterocycles. The fraction of sp³-hybridized carbons (Fsp3) is 0. The molecule has 0 aliphatic heterocycles. The third-order valence-corrected chi connectivity index (χ3v) is 7.11. The summed E-state index contributed by atoms with van der Waals surface area (Å²) < 4.78 is 13.4. The number of halogens is 2. The van der Waals surface area contributed by atoms with Crippen molar-refractivity contribution in [3.8, 4) is 34.5 Å². The molecule has 0 unspecified atom stereocenters. The summed E-state index contributed by atoms with van der Waals surface area (Å²) in [5.41, 5.74) is 3.60. The molecule has 0 fully saturated rings. The van der Waals surface area contributed by atoms with Gasteiger partial charge in [-0.15, -0.1) is 0 Å². The standard InChI is InChI=1S/C19H12BrN3O.C13H8IN3O/c20-15-6-3-14(4-7-15)18-11-19(23-12-22-18)24-16-8-5-13-2-1-9-21-17(13)10-16;14-12-7-13(17-8-16-12)18-10-4-3-9-2-1-5-15-11(9)6-10/h1-12H;1-8H. The Balaban J connectivity index is 0.000000157. The van der Waals surface area contributed by atoms with Gasteiger partial charge in [0.25, 0.3) is 0 Å². The molecule has 0 N–H and O–H groups in total. The van der Waals surface area contributed by atoms with E-state index < -0.39 is 0 Å². The van der Waals surface area contributed by atoms with Gasteiger partial charge in [0.1, 0.15) is 27.9 Å². The number of fused-ring (bicyclic) bond motifs is 2. The van der Waals surface area contributed by atoms with Crippen LogP contribution in [-0.4, -0.2) is 29.9 Å². The second kappa shape index (κ2) is 13.0. The Labute approximate surface area is 263 Å². The lowest BCUT2D eigenvalue weighted by Crippen LogP contribution is -1.91. The third-order valence-electron chi connectivity index (χ3n) is 5.99. The van der Waals surface area contributed by atoms with E-state index in [1.54, 1.807) is 18.5 Å². The van der Waals surface area contributed by atoms with Gasteiger partial charge in [-0.2, -0.15) is 0 Å². The molecule has 0 aliphatic rings. The molecule has 0 aliphatic carbocycles. The molecule has 0 spiro atoms. The Morgan fingerprint density at radius 1 is 0.548 bits per heavy atom. The molecule has 4 aromatic heterocycles. The van der Waals surface area contributed by atoms with Crippen LogP contribution in [0.4, 0.5) is 0 Å². The Morgan fingerprint density at radius 3 is 1.71 bits per heavy atom. The van der Waals surface area contributed by atoms with Crippen LogP contribution < -0.4 is 9.47 Å². The van der Waals surface area contributed by atoms with Crippen molar-refractivity contribution in [3.63, 3.8) is 0 Å². The van der Waals surface area contributed by atoms with Gasteiger partial charge in [-0.25, -0.2) is 19.9 Å². The van der Waals surface area contributed by atoms with Gasteiger partial charge in [-0.1, -0.05) is 40.2 Å². The van der Waals surface area contributed by atoms with Gasteiger partial charge in [0.15, 0.2) is 0 Å². The zero-order valence-electron chi connectivity index (χ0n) is 21.8. The summed E-state index contributed by atoms with van der Waals surface area (Å²) in [5, 5.41) is 2.16. The second-order valence-electron chi connectivity index (χ2n) is 8.85. The average Bonchev–Trinajstić information content (AvgIpc) is 3.02. The summed E-state index contributed by atoms with van der Waals surface area (Å²) in [6, 6.07) is 31.0. The van der Waals surface area contributed by atoms with Crippen LogP contribution in [0.25, 0.3) is 33.1 Å². The van der Waals surface area contributed by atoms with Crippen molar-refractivity contribution in [1.29, 1.82) is 0 Å². The Hall–Kier alpha value is -4.55. The van der Waals surface area contributed by atoms with E-state index in [2.05, 4.69) is 68.4 Å². The third kappa shape index (κ3) is 7.01. The van der Waals surface area contributed by atoms with Crippen molar-refractivity contribution in [2.45, 2.75) is 0 Å². The molecule has 204 valence electrons. The molecule has 0 atom stereocenters. The van der Waals surface area contributed by atoms with Gasteiger partial charge < -0.3 is 9.47 Å². The Bertz CT molecular complexity index is 1990. The molecule has 8 nitrogen and oxygen atoms in total. The molecular formula is C32H20BrIN6O2. The predicted octanol–water partition coefficient (Wildman–Crippen LogP) is 8.67. The molecule has 10 heteroatoms. The van der Waals surface area contributed by atoms with Crippen LogP contribution in [0.5, 0.6) is 23.3 Å². The lowest BCUT2D eigenvalue weighted by Gasteiger charge is -2.07. The predicted molar refractivity (Wildman–Crippen MR) is 174 cm³/mol. The summed E-state index contributed by atoms with van der Waals surface area (Å²) in [5.74, 6) is 2.44. The van der Waals surface area contributed by atoms with Crippen molar-refractivity contribution in [3.05, 3.63) is 130 Å². The van der Waals surface area contributed by atoms with Crippen molar-refractivity contribution < 1.29 is 9.47 Å². The summed E-state index contributed by atoms with van der Waals surface area (Å²) in [6.07, 6.45) is 6.52. The van der Waals surface area contributed by atoms with Crippen molar-refractivity contribution >= 4 is 60.3 Å². The normalized spacial score (nSPS) is 10.6. The van der Waals surface area contributed by atoms with E-state index in [1.165, 1.54) is 12.7 Å². The van der Waals surface area contributed by atoms with Gasteiger partial charge in [0.2, 0.25) is 11.8 Å². The molecule has 0 amide bonds. The fourth-order valence-electron chi connectivity index (χ4n) is 4.01. The first-order chi connectivity index (χ1) is 20.6. The molecule has 0 saturated carbocycles. The van der Waals surface area contributed by atoms with E-state index in [0.717, 1.165) is 47.0 Å². The number of pyridine rings is 2. The summed E-state index contributed by atoms with van der Waals surface area (Å²) in [6.45, 7) is 0. The first-order valence-corrected chi connectivity index (χ1v) is 14.6. The van der Waals surface area contributed by atoms with E-state index in [9.17, 15) is 0 Å². The van der Waals surface area contributed by atoms with E-state index in [1.807, 2.05) is 91.0 Å². The van der Waals surface area contributed by atoms with E-state index in [4.69, 9.17) is 9.47 Å². The average molecular weight is 727 g/mol. The largest absolute Gasteiger partial charge is 0.439 e. The highest BCUT2D eigenvalue weighted by Crippen LogP contribution is 2.27. The van der Waals surface area contributed by atoms with Crippen molar-refractivity contribution in [1.82, 2.24) is 29.9 Å². The number of ether oxygens (including phenoxy) is 2. The lowest BCUT2D eigenvalue weighted by molar-refractivity contribution is 0.461. The molecule has 3 aromatic carbocycles. The zero-order chi connectivity index (χ0) is 28.7. The maximum absolute atomic E-state index is 5.87. The quantitative estimate of drug-likeness (QED) is 0.129. The van der Waals surface area contributed by atoms with Gasteiger partial charge in [-0.05, 0) is 71.1 Å². The summed E-state index contributed by atoms with van der Waals surface area (Å²) in [7, 11) is 0. The number of rotatable bonds is 5. The maximum Gasteiger partial charge on any atom is 0.223 e. The summed E-state index contributed by atoms with van der Waals surface area (Å²) in [4.78, 5) is 25.2. The number of aromatic nitrogens is 6. The first kappa shape index (κ1) is 27.6. The van der Waals surface area contributed by atoms with Crippen LogP contribution >= 0.6 is 38.5 Å². The van der Waals surface area contributed by atoms with Crippen molar-refractivity contribution in [2.24, 2.45) is 0 Å². The topological polar surface area (TPSA) is 95.8 Å². The van der Waals surface area contributed by atoms with Crippen LogP contribution in [0.3, 0.4) is 0 Å². The number of hydrogen-bond donors (Lipinski definition) is 0. The van der Waals surface area contributed by atoms with E-state index in [-0.39, 0.29) is 0 Å². The number of benzene rings is 3. The Morgan fingerprint density at radius 2 is 1.12 bits per heavy atom. The molecule has 0 bridgehead atoms. The zero-order valence-corrected chi connectivity index (χ0v) is 25.5. The minimum Gasteiger partial charge on any atom is -0.439 e. The van der Waals surface area contributed by atoms with Crippen LogP contribution in [0.2, 0.25) is 0 Å². The second-order valence-corrected chi connectivity index (χ2v) is 10.9. The molecular weight excluding hydrogens is 707 g/mol. The summed E-state index contributed by atoms with van der Waals surface area (Å²) >= 11 is 5.55. The van der Waals surface area contributed by atoms with Crippen LogP contribution in [0.15, 0.2) is 127 Å². The van der Waals surface area contributed by atoms with Gasteiger partial charge in [0, 0.05) is 57.5 Å². The molecule has 0 radical (unpaired) electrons. The fourth-order valence-corrected chi connectivity index (χ4v) is 4.66. The minimum atomic E-state index is 0.498. The lowest BCUT2D eigenvalue weighted by atomic mass is 10.1. The highest BCUT2D eigenvalue weighted by atomic mass is 127. The smallest absolute Gasteiger partial charge is 0.223 e. The highest BCUT2D eigenvalue weighted by Gasteiger charge is 2.06. The first-order valence-electron chi connectivity index (χ1n) is 12.7. The number of hydrogen-bond acceptors (Lipinski definition) is 8. The van der Waals surface area contributed by atoms with Crippen LogP contribution in [0, 0.1) is 3.70 Å². The van der Waals surface area contributed by atoms with Crippen LogP contribution in [0.1, 0.15) is 0 Å². The van der Waals surface area contributed by atoms with E-state index in [0.29, 0.717) is 17.5 Å². The number of nitrogens with zero attached hydrogens (tertiary/aromatic N) is 6. The van der Waals surface area contributed by atoms with Crippen molar-refractivity contribution in [2.75, 3.05) is 0 Å². The maximum atomic E-state index is 5.87. The van der Waals surface area contributed by atoms with Crippen LogP contribution in [-0.2, 0) is 0 Å². The van der Waals surface area contributed by atoms with Gasteiger partial charge in [-0.3, -0.25) is 9.97 Å². The van der Waals surface area contributed by atoms with E-state index >= 15 is 0 Å². The monoisotopic (exact) mass is 726 g/mol. The SMILES string of the molecule is Brc1ccc(-c2cc(Oc3ccc4cccnc4c3)ncn2)cc1.Ic1cc(Oc2ccc3cccnc3c2)ncn1. The molecule has 42 heavy (non-hydrogen) atoms. The Kier molecular flexibility index (Phi) is 8.52. The van der Waals surface area contributed by atoms with Gasteiger partial charge >= 0.3 is 0 Å². The highest BCUT2D eigenvalue weighted by molar-refractivity contribution is 14.1. The minimum absolute atomic E-state index is 0.498. The molecule has 7 rings (SSSR count). The molecule has 7 aromatic rings.